The molecule has 0 N–H and O–H groups in total. The second-order valence-corrected chi connectivity index (χ2v) is 6.28. The fourth-order valence-corrected chi connectivity index (χ4v) is 2.89. The van der Waals surface area contributed by atoms with Crippen molar-refractivity contribution >= 4 is 12.2 Å². The molecule has 0 atom stereocenters. The number of aromatic nitrogens is 2. The molecule has 0 spiro atoms. The average Bonchev–Trinajstić information content (AvgIpc) is 2.83. The summed E-state index contributed by atoms with van der Waals surface area (Å²) < 4.78 is 7.48. The molecule has 1 saturated heterocycles. The number of piperidine rings is 1. The highest BCUT2D eigenvalue weighted by Crippen LogP contribution is 2.22. The third kappa shape index (κ3) is 3.24. The zero-order valence-electron chi connectivity index (χ0n) is 12.6. The summed E-state index contributed by atoms with van der Waals surface area (Å²) in [5.74, 6) is 1.44. The average molecular weight is 303 g/mol. The van der Waals surface area contributed by atoms with Crippen LogP contribution in [0.4, 0.5) is 0 Å². The molecule has 1 aromatic heterocycles. The Morgan fingerprint density at radius 2 is 2.00 bits per heavy atom. The largest absolute Gasteiger partial charge is 0.409 e. The number of aryl methyl sites for hydroxylation is 1. The van der Waals surface area contributed by atoms with Crippen molar-refractivity contribution in [3.8, 4) is 11.5 Å². The fraction of sp³-hybridized carbons (Fsp3) is 0.500. The second-order valence-electron chi connectivity index (χ2n) is 5.93. The molecular weight excluding hydrogens is 282 g/mol. The van der Waals surface area contributed by atoms with Gasteiger partial charge in [-0.05, 0) is 49.5 Å². The minimum Gasteiger partial charge on any atom is -0.409 e. The summed E-state index contributed by atoms with van der Waals surface area (Å²) in [6, 6.07) is 8.08. The van der Waals surface area contributed by atoms with Crippen LogP contribution in [0, 0.1) is 17.7 Å². The summed E-state index contributed by atoms with van der Waals surface area (Å²) in [6.07, 6.45) is 2.49. The molecule has 1 aliphatic rings. The summed E-state index contributed by atoms with van der Waals surface area (Å²) in [7, 11) is 0. The van der Waals surface area contributed by atoms with Gasteiger partial charge in [0.15, 0.2) is 0 Å². The van der Waals surface area contributed by atoms with Crippen LogP contribution in [0.15, 0.2) is 28.7 Å². The SMILES string of the molecule is Cc1ccccc1-c1nn(CN2CCC(C)CC2)c(=S)o1. The van der Waals surface area contributed by atoms with Gasteiger partial charge in [0.25, 0.3) is 4.84 Å². The van der Waals surface area contributed by atoms with Crippen LogP contribution in [0.1, 0.15) is 25.3 Å². The quantitative estimate of drug-likeness (QED) is 0.806. The lowest BCUT2D eigenvalue weighted by Crippen LogP contribution is -2.34. The third-order valence-corrected chi connectivity index (χ3v) is 4.49. The number of rotatable bonds is 3. The van der Waals surface area contributed by atoms with Gasteiger partial charge in [0, 0.05) is 18.7 Å². The van der Waals surface area contributed by atoms with Crippen LogP contribution in [0.2, 0.25) is 0 Å². The van der Waals surface area contributed by atoms with Crippen molar-refractivity contribution in [1.82, 2.24) is 14.7 Å². The lowest BCUT2D eigenvalue weighted by atomic mass is 10.00. The lowest BCUT2D eigenvalue weighted by molar-refractivity contribution is 0.144. The fourth-order valence-electron chi connectivity index (χ4n) is 2.71. The maximum Gasteiger partial charge on any atom is 0.288 e. The molecule has 5 heteroatoms. The molecule has 0 unspecified atom stereocenters. The van der Waals surface area contributed by atoms with E-state index in [0.717, 1.165) is 36.8 Å². The van der Waals surface area contributed by atoms with Crippen molar-refractivity contribution in [1.29, 1.82) is 0 Å². The Hall–Kier alpha value is -1.46. The molecule has 0 amide bonds. The van der Waals surface area contributed by atoms with Gasteiger partial charge in [0.1, 0.15) is 0 Å². The maximum atomic E-state index is 5.68. The van der Waals surface area contributed by atoms with Crippen molar-refractivity contribution in [3.05, 3.63) is 34.7 Å². The van der Waals surface area contributed by atoms with Gasteiger partial charge in [-0.25, -0.2) is 4.68 Å². The molecule has 0 saturated carbocycles. The molecule has 2 aromatic rings. The van der Waals surface area contributed by atoms with E-state index in [1.165, 1.54) is 12.8 Å². The van der Waals surface area contributed by atoms with Gasteiger partial charge in [-0.15, -0.1) is 5.10 Å². The normalized spacial score (nSPS) is 17.2. The van der Waals surface area contributed by atoms with Crippen molar-refractivity contribution in [2.45, 2.75) is 33.4 Å². The van der Waals surface area contributed by atoms with E-state index >= 15 is 0 Å². The van der Waals surface area contributed by atoms with E-state index in [-0.39, 0.29) is 0 Å². The van der Waals surface area contributed by atoms with Gasteiger partial charge < -0.3 is 4.42 Å². The van der Waals surface area contributed by atoms with Crippen LogP contribution >= 0.6 is 12.2 Å². The zero-order valence-corrected chi connectivity index (χ0v) is 13.4. The zero-order chi connectivity index (χ0) is 14.8. The molecule has 1 aromatic carbocycles. The Morgan fingerprint density at radius 3 is 2.71 bits per heavy atom. The van der Waals surface area contributed by atoms with Crippen LogP contribution in [-0.2, 0) is 6.67 Å². The van der Waals surface area contributed by atoms with Crippen LogP contribution in [0.5, 0.6) is 0 Å². The molecule has 0 radical (unpaired) electrons. The van der Waals surface area contributed by atoms with E-state index in [0.29, 0.717) is 10.7 Å². The number of benzene rings is 1. The second kappa shape index (κ2) is 6.12. The van der Waals surface area contributed by atoms with Gasteiger partial charge in [-0.2, -0.15) is 0 Å². The summed E-state index contributed by atoms with van der Waals surface area (Å²) in [6.45, 7) is 7.31. The molecule has 112 valence electrons. The first-order valence-electron chi connectivity index (χ1n) is 7.50. The van der Waals surface area contributed by atoms with Crippen LogP contribution in [0.3, 0.4) is 0 Å². The predicted molar refractivity (Wildman–Crippen MR) is 85.5 cm³/mol. The van der Waals surface area contributed by atoms with Crippen molar-refractivity contribution < 1.29 is 4.42 Å². The molecule has 2 heterocycles. The molecule has 1 fully saturated rings. The lowest BCUT2D eigenvalue weighted by Gasteiger charge is -2.29. The van der Waals surface area contributed by atoms with Crippen LogP contribution in [-0.4, -0.2) is 27.8 Å². The van der Waals surface area contributed by atoms with E-state index in [4.69, 9.17) is 16.6 Å². The summed E-state index contributed by atoms with van der Waals surface area (Å²) in [5, 5.41) is 4.56. The van der Waals surface area contributed by atoms with E-state index in [1.807, 2.05) is 18.2 Å². The Morgan fingerprint density at radius 1 is 1.29 bits per heavy atom. The van der Waals surface area contributed by atoms with E-state index in [2.05, 4.69) is 29.9 Å². The Labute approximate surface area is 130 Å². The van der Waals surface area contributed by atoms with Crippen molar-refractivity contribution in [2.24, 2.45) is 5.92 Å². The maximum absolute atomic E-state index is 5.68. The summed E-state index contributed by atoms with van der Waals surface area (Å²) in [5.41, 5.74) is 2.15. The molecule has 21 heavy (non-hydrogen) atoms. The van der Waals surface area contributed by atoms with Gasteiger partial charge in [0.2, 0.25) is 5.89 Å². The van der Waals surface area contributed by atoms with Gasteiger partial charge in [-0.1, -0.05) is 25.1 Å². The third-order valence-electron chi connectivity index (χ3n) is 4.19. The highest BCUT2D eigenvalue weighted by molar-refractivity contribution is 7.71. The number of hydrogen-bond donors (Lipinski definition) is 0. The van der Waals surface area contributed by atoms with Gasteiger partial charge in [0.05, 0.1) is 6.67 Å². The minimum atomic E-state index is 0.451. The first-order chi connectivity index (χ1) is 10.1. The molecular formula is C16H21N3OS. The van der Waals surface area contributed by atoms with E-state index < -0.39 is 0 Å². The highest BCUT2D eigenvalue weighted by atomic mass is 32.1. The monoisotopic (exact) mass is 303 g/mol. The van der Waals surface area contributed by atoms with Gasteiger partial charge >= 0.3 is 0 Å². The van der Waals surface area contributed by atoms with Crippen LogP contribution in [0.25, 0.3) is 11.5 Å². The Balaban J connectivity index is 1.79. The highest BCUT2D eigenvalue weighted by Gasteiger charge is 2.17. The molecule has 0 aliphatic carbocycles. The van der Waals surface area contributed by atoms with Crippen LogP contribution < -0.4 is 0 Å². The topological polar surface area (TPSA) is 34.2 Å². The number of likely N-dealkylation sites (tertiary alicyclic amines) is 1. The number of nitrogens with zero attached hydrogens (tertiary/aromatic N) is 3. The first kappa shape index (κ1) is 14.5. The van der Waals surface area contributed by atoms with Gasteiger partial charge in [-0.3, -0.25) is 4.90 Å². The van der Waals surface area contributed by atoms with Crippen molar-refractivity contribution in [2.75, 3.05) is 13.1 Å². The molecule has 3 rings (SSSR count). The first-order valence-corrected chi connectivity index (χ1v) is 7.90. The molecule has 4 nitrogen and oxygen atoms in total. The minimum absolute atomic E-state index is 0.451. The molecule has 1 aliphatic heterocycles. The van der Waals surface area contributed by atoms with Crippen molar-refractivity contribution in [3.63, 3.8) is 0 Å². The Bertz CT molecular complexity index is 668. The summed E-state index contributed by atoms with van der Waals surface area (Å²) >= 11 is 5.31. The Kier molecular flexibility index (Phi) is 4.22. The van der Waals surface area contributed by atoms with E-state index in [1.54, 1.807) is 4.68 Å². The standard InChI is InChI=1S/C16H21N3OS/c1-12-7-9-18(10-8-12)11-19-16(21)20-15(17-19)14-6-4-3-5-13(14)2/h3-6,12H,7-11H2,1-2H3. The van der Waals surface area contributed by atoms with E-state index in [9.17, 15) is 0 Å². The molecule has 0 bridgehead atoms. The summed E-state index contributed by atoms with van der Waals surface area (Å²) in [4.78, 5) is 2.84. The number of hydrogen-bond acceptors (Lipinski definition) is 4. The predicted octanol–water partition coefficient (Wildman–Crippen LogP) is 3.87. The smallest absolute Gasteiger partial charge is 0.288 e.